The number of nitrogens with one attached hydrogen (secondary N) is 1. The predicted molar refractivity (Wildman–Crippen MR) is 72.5 cm³/mol. The van der Waals surface area contributed by atoms with Crippen molar-refractivity contribution in [2.24, 2.45) is 0 Å². The number of thiazole rings is 1. The van der Waals surface area contributed by atoms with Crippen molar-refractivity contribution in [3.63, 3.8) is 0 Å². The van der Waals surface area contributed by atoms with Crippen LogP contribution in [0, 0.1) is 12.7 Å². The Morgan fingerprint density at radius 1 is 1.45 bits per heavy atom. The lowest BCUT2D eigenvalue weighted by molar-refractivity contribution is -0.115. The third kappa shape index (κ3) is 3.39. The van der Waals surface area contributed by atoms with E-state index in [1.807, 2.05) is 6.92 Å². The van der Waals surface area contributed by atoms with E-state index in [1.165, 1.54) is 17.4 Å². The standard InChI is InChI=1S/C13H11FN2O3S/c1-7-15-9(6-20-7)5-12(17)16-8-2-3-10(13(18)19)11(14)4-8/h2-4,6H,5H2,1H3,(H,16,17)(H,18,19). The van der Waals surface area contributed by atoms with Crippen LogP contribution in [0.25, 0.3) is 0 Å². The molecule has 0 radical (unpaired) electrons. The SMILES string of the molecule is Cc1nc(CC(=O)Nc2ccc(C(=O)O)c(F)c2)cs1. The van der Waals surface area contributed by atoms with Gasteiger partial charge in [-0.2, -0.15) is 0 Å². The number of carbonyl (C=O) groups is 2. The summed E-state index contributed by atoms with van der Waals surface area (Å²) < 4.78 is 13.4. The summed E-state index contributed by atoms with van der Waals surface area (Å²) in [6.45, 7) is 1.84. The van der Waals surface area contributed by atoms with E-state index in [2.05, 4.69) is 10.3 Å². The van der Waals surface area contributed by atoms with E-state index >= 15 is 0 Å². The highest BCUT2D eigenvalue weighted by Gasteiger charge is 2.12. The van der Waals surface area contributed by atoms with Gasteiger partial charge in [0, 0.05) is 11.1 Å². The third-order valence-electron chi connectivity index (χ3n) is 2.49. The van der Waals surface area contributed by atoms with Gasteiger partial charge in [-0.1, -0.05) is 0 Å². The zero-order valence-electron chi connectivity index (χ0n) is 10.5. The number of aryl methyl sites for hydroxylation is 1. The Hall–Kier alpha value is -2.28. The molecule has 0 aliphatic rings. The van der Waals surface area contributed by atoms with E-state index < -0.39 is 17.3 Å². The van der Waals surface area contributed by atoms with Gasteiger partial charge in [0.05, 0.1) is 22.7 Å². The van der Waals surface area contributed by atoms with Crippen molar-refractivity contribution in [3.05, 3.63) is 45.7 Å². The Morgan fingerprint density at radius 3 is 2.75 bits per heavy atom. The van der Waals surface area contributed by atoms with Crippen LogP contribution < -0.4 is 5.32 Å². The van der Waals surface area contributed by atoms with Gasteiger partial charge in [0.1, 0.15) is 5.82 Å². The summed E-state index contributed by atoms with van der Waals surface area (Å²) in [5.41, 5.74) is 0.426. The van der Waals surface area contributed by atoms with Crippen molar-refractivity contribution in [3.8, 4) is 0 Å². The maximum Gasteiger partial charge on any atom is 0.338 e. The maximum atomic E-state index is 13.4. The maximum absolute atomic E-state index is 13.4. The van der Waals surface area contributed by atoms with Crippen molar-refractivity contribution in [2.45, 2.75) is 13.3 Å². The summed E-state index contributed by atoms with van der Waals surface area (Å²) >= 11 is 1.44. The van der Waals surface area contributed by atoms with Crippen LogP contribution in [0.1, 0.15) is 21.1 Å². The van der Waals surface area contributed by atoms with Crippen LogP contribution in [0.3, 0.4) is 0 Å². The highest BCUT2D eigenvalue weighted by molar-refractivity contribution is 7.09. The second kappa shape index (κ2) is 5.79. The van der Waals surface area contributed by atoms with Crippen molar-refractivity contribution in [1.29, 1.82) is 0 Å². The number of carboxylic acid groups (broad SMARTS) is 1. The van der Waals surface area contributed by atoms with E-state index in [1.54, 1.807) is 5.38 Å². The molecule has 0 unspecified atom stereocenters. The molecule has 104 valence electrons. The largest absolute Gasteiger partial charge is 0.478 e. The van der Waals surface area contributed by atoms with Crippen molar-refractivity contribution in [2.75, 3.05) is 5.32 Å². The minimum atomic E-state index is -1.35. The minimum absolute atomic E-state index is 0.0899. The number of aromatic carboxylic acids is 1. The van der Waals surface area contributed by atoms with Crippen molar-refractivity contribution >= 4 is 28.9 Å². The molecule has 7 heteroatoms. The lowest BCUT2D eigenvalue weighted by Crippen LogP contribution is -2.15. The van der Waals surface area contributed by atoms with Gasteiger partial charge in [0.2, 0.25) is 5.91 Å². The number of amides is 1. The monoisotopic (exact) mass is 294 g/mol. The molecule has 0 aliphatic heterocycles. The fourth-order valence-corrected chi connectivity index (χ4v) is 2.24. The van der Waals surface area contributed by atoms with Gasteiger partial charge >= 0.3 is 5.97 Å². The van der Waals surface area contributed by atoms with E-state index in [0.717, 1.165) is 17.1 Å². The molecule has 0 bridgehead atoms. The summed E-state index contributed by atoms with van der Waals surface area (Å²) in [6.07, 6.45) is 0.0899. The molecule has 5 nitrogen and oxygen atoms in total. The van der Waals surface area contributed by atoms with Crippen LogP contribution in [0.2, 0.25) is 0 Å². The van der Waals surface area contributed by atoms with Gasteiger partial charge in [-0.3, -0.25) is 4.79 Å². The topological polar surface area (TPSA) is 79.3 Å². The van der Waals surface area contributed by atoms with Crippen LogP contribution in [0.4, 0.5) is 10.1 Å². The molecule has 0 saturated carbocycles. The summed E-state index contributed by atoms with van der Waals surface area (Å²) in [5, 5.41) is 13.8. The lowest BCUT2D eigenvalue weighted by atomic mass is 10.2. The van der Waals surface area contributed by atoms with Crippen LogP contribution in [-0.4, -0.2) is 22.0 Å². The molecular formula is C13H11FN2O3S. The molecule has 2 rings (SSSR count). The fourth-order valence-electron chi connectivity index (χ4n) is 1.63. The second-order valence-electron chi connectivity index (χ2n) is 4.08. The molecule has 1 heterocycles. The zero-order chi connectivity index (χ0) is 14.7. The normalized spacial score (nSPS) is 10.3. The summed E-state index contributed by atoms with van der Waals surface area (Å²) in [7, 11) is 0. The second-order valence-corrected chi connectivity index (χ2v) is 5.14. The molecule has 2 N–H and O–H groups in total. The Balaban J connectivity index is 2.04. The van der Waals surface area contributed by atoms with Crippen LogP contribution in [0.15, 0.2) is 23.6 Å². The van der Waals surface area contributed by atoms with Gasteiger partial charge in [0.15, 0.2) is 0 Å². The van der Waals surface area contributed by atoms with Gasteiger partial charge in [-0.05, 0) is 25.1 Å². The number of halogens is 1. The number of benzene rings is 1. The van der Waals surface area contributed by atoms with Gasteiger partial charge in [0.25, 0.3) is 0 Å². The highest BCUT2D eigenvalue weighted by Crippen LogP contribution is 2.15. The first kappa shape index (κ1) is 14.1. The van der Waals surface area contributed by atoms with E-state index in [0.29, 0.717) is 5.69 Å². The predicted octanol–water partition coefficient (Wildman–Crippen LogP) is 2.47. The van der Waals surface area contributed by atoms with Crippen molar-refractivity contribution in [1.82, 2.24) is 4.98 Å². The molecule has 0 saturated heterocycles. The quantitative estimate of drug-likeness (QED) is 0.908. The number of aromatic nitrogens is 1. The van der Waals surface area contributed by atoms with E-state index in [-0.39, 0.29) is 18.0 Å². The van der Waals surface area contributed by atoms with E-state index in [9.17, 15) is 14.0 Å². The average Bonchev–Trinajstić information content (AvgIpc) is 2.74. The molecule has 2 aromatic rings. The number of carboxylic acids is 1. The summed E-state index contributed by atoms with van der Waals surface area (Å²) in [6, 6.07) is 3.44. The van der Waals surface area contributed by atoms with Crippen LogP contribution in [-0.2, 0) is 11.2 Å². The molecule has 20 heavy (non-hydrogen) atoms. The first-order chi connectivity index (χ1) is 9.45. The number of nitrogens with zero attached hydrogens (tertiary/aromatic N) is 1. The van der Waals surface area contributed by atoms with Gasteiger partial charge in [-0.15, -0.1) is 11.3 Å². The van der Waals surface area contributed by atoms with Gasteiger partial charge in [-0.25, -0.2) is 14.2 Å². The average molecular weight is 294 g/mol. The van der Waals surface area contributed by atoms with Crippen molar-refractivity contribution < 1.29 is 19.1 Å². The summed E-state index contributed by atoms with van der Waals surface area (Å²) in [4.78, 5) is 26.6. The van der Waals surface area contributed by atoms with Crippen LogP contribution >= 0.6 is 11.3 Å². The molecule has 0 fully saturated rings. The number of carbonyl (C=O) groups excluding carboxylic acids is 1. The number of hydrogen-bond donors (Lipinski definition) is 2. The Labute approximate surface area is 118 Å². The Kier molecular flexibility index (Phi) is 4.09. The van der Waals surface area contributed by atoms with Crippen LogP contribution in [0.5, 0.6) is 0 Å². The number of rotatable bonds is 4. The van der Waals surface area contributed by atoms with Gasteiger partial charge < -0.3 is 10.4 Å². The molecule has 1 aromatic carbocycles. The molecular weight excluding hydrogens is 283 g/mol. The lowest BCUT2D eigenvalue weighted by Gasteiger charge is -2.05. The first-order valence-electron chi connectivity index (χ1n) is 5.69. The molecule has 1 aromatic heterocycles. The molecule has 0 aliphatic carbocycles. The highest BCUT2D eigenvalue weighted by atomic mass is 32.1. The Morgan fingerprint density at radius 2 is 2.20 bits per heavy atom. The molecule has 0 spiro atoms. The fraction of sp³-hybridized carbons (Fsp3) is 0.154. The third-order valence-corrected chi connectivity index (χ3v) is 3.31. The Bertz CT molecular complexity index is 669. The minimum Gasteiger partial charge on any atom is -0.478 e. The first-order valence-corrected chi connectivity index (χ1v) is 6.57. The number of anilines is 1. The molecule has 0 atom stereocenters. The smallest absolute Gasteiger partial charge is 0.338 e. The number of hydrogen-bond acceptors (Lipinski definition) is 4. The molecule has 1 amide bonds. The summed E-state index contributed by atoms with van der Waals surface area (Å²) in [5.74, 6) is -2.57. The van der Waals surface area contributed by atoms with E-state index in [4.69, 9.17) is 5.11 Å². The zero-order valence-corrected chi connectivity index (χ0v) is 11.3.